The predicted molar refractivity (Wildman–Crippen MR) is 85.4 cm³/mol. The molecule has 3 rings (SSSR count). The third kappa shape index (κ3) is 2.94. The molecule has 5 nitrogen and oxygen atoms in total. The van der Waals surface area contributed by atoms with Gasteiger partial charge in [0.1, 0.15) is 0 Å². The van der Waals surface area contributed by atoms with Crippen LogP contribution in [-0.4, -0.2) is 48.2 Å². The van der Waals surface area contributed by atoms with Crippen LogP contribution in [0.5, 0.6) is 0 Å². The minimum Gasteiger partial charge on any atom is -0.409 e. The zero-order chi connectivity index (χ0) is 14.8. The van der Waals surface area contributed by atoms with Gasteiger partial charge in [-0.15, -0.1) is 0 Å². The summed E-state index contributed by atoms with van der Waals surface area (Å²) < 4.78 is 0. The largest absolute Gasteiger partial charge is 0.409 e. The number of hydrogen-bond acceptors (Lipinski definition) is 4. The highest BCUT2D eigenvalue weighted by Crippen LogP contribution is 2.31. The van der Waals surface area contributed by atoms with E-state index < -0.39 is 0 Å². The van der Waals surface area contributed by atoms with E-state index in [2.05, 4.69) is 15.0 Å². The van der Waals surface area contributed by atoms with E-state index in [-0.39, 0.29) is 5.84 Å². The average Bonchev–Trinajstić information content (AvgIpc) is 3.16. The van der Waals surface area contributed by atoms with Crippen molar-refractivity contribution in [1.29, 1.82) is 0 Å². The van der Waals surface area contributed by atoms with Gasteiger partial charge in [0.05, 0.1) is 10.7 Å². The van der Waals surface area contributed by atoms with Gasteiger partial charge in [0.15, 0.2) is 5.84 Å². The molecule has 114 valence electrons. The van der Waals surface area contributed by atoms with Crippen molar-refractivity contribution in [2.24, 2.45) is 10.9 Å². The number of rotatable bonds is 3. The summed E-state index contributed by atoms with van der Waals surface area (Å²) in [6, 6.07) is 6.21. The maximum atomic E-state index is 8.72. The lowest BCUT2D eigenvalue weighted by atomic mass is 10.2. The molecule has 2 heterocycles. The highest BCUT2D eigenvalue weighted by Gasteiger charge is 2.30. The Balaban J connectivity index is 1.72. The van der Waals surface area contributed by atoms with Gasteiger partial charge in [-0.05, 0) is 50.6 Å². The topological polar surface area (TPSA) is 65.1 Å². The van der Waals surface area contributed by atoms with Crippen LogP contribution in [0.15, 0.2) is 23.4 Å². The number of halogens is 1. The number of nitrogens with zero attached hydrogens (tertiary/aromatic N) is 3. The first-order valence-corrected chi connectivity index (χ1v) is 7.83. The zero-order valence-electron chi connectivity index (χ0n) is 12.0. The molecule has 2 aliphatic rings. The maximum Gasteiger partial charge on any atom is 0.170 e. The first-order chi connectivity index (χ1) is 10.2. The molecule has 0 spiro atoms. The van der Waals surface area contributed by atoms with Gasteiger partial charge in [0.2, 0.25) is 0 Å². The average molecular weight is 309 g/mol. The molecule has 6 heteroatoms. The number of amidine groups is 1. The van der Waals surface area contributed by atoms with Crippen molar-refractivity contribution in [2.75, 3.05) is 31.1 Å². The van der Waals surface area contributed by atoms with E-state index in [1.165, 1.54) is 32.4 Å². The van der Waals surface area contributed by atoms with Crippen molar-refractivity contribution in [3.05, 3.63) is 28.8 Å². The number of anilines is 1. The first-order valence-electron chi connectivity index (χ1n) is 7.45. The highest BCUT2D eigenvalue weighted by molar-refractivity contribution is 6.33. The molecular weight excluding hydrogens is 288 g/mol. The van der Waals surface area contributed by atoms with Gasteiger partial charge >= 0.3 is 0 Å². The third-order valence-electron chi connectivity index (χ3n) is 4.51. The van der Waals surface area contributed by atoms with Crippen LogP contribution in [-0.2, 0) is 0 Å². The molecule has 0 amide bonds. The Morgan fingerprint density at radius 2 is 2.05 bits per heavy atom. The second kappa shape index (κ2) is 6.12. The molecule has 0 saturated carbocycles. The molecule has 2 aliphatic heterocycles. The lowest BCUT2D eigenvalue weighted by Crippen LogP contribution is -2.35. The van der Waals surface area contributed by atoms with Gasteiger partial charge in [-0.25, -0.2) is 0 Å². The normalized spacial score (nSPS) is 24.0. The fourth-order valence-electron chi connectivity index (χ4n) is 3.35. The number of hydrogen-bond donors (Lipinski definition) is 2. The molecule has 0 aliphatic carbocycles. The smallest absolute Gasteiger partial charge is 0.170 e. The molecule has 0 bridgehead atoms. The van der Waals surface area contributed by atoms with Crippen molar-refractivity contribution < 1.29 is 5.21 Å². The Hall–Kier alpha value is -1.46. The molecule has 1 atom stereocenters. The summed E-state index contributed by atoms with van der Waals surface area (Å²) in [5, 5.41) is 12.4. The van der Waals surface area contributed by atoms with Crippen LogP contribution < -0.4 is 10.6 Å². The molecule has 1 aromatic rings. The summed E-state index contributed by atoms with van der Waals surface area (Å²) >= 11 is 6.37. The summed E-state index contributed by atoms with van der Waals surface area (Å²) in [4.78, 5) is 4.93. The van der Waals surface area contributed by atoms with Crippen molar-refractivity contribution >= 4 is 23.1 Å². The van der Waals surface area contributed by atoms with Gasteiger partial charge in [-0.2, -0.15) is 0 Å². The van der Waals surface area contributed by atoms with Crippen LogP contribution in [0.2, 0.25) is 5.02 Å². The maximum absolute atomic E-state index is 8.72. The number of benzene rings is 1. The van der Waals surface area contributed by atoms with Crippen LogP contribution in [0.25, 0.3) is 0 Å². The molecule has 1 unspecified atom stereocenters. The van der Waals surface area contributed by atoms with E-state index in [4.69, 9.17) is 22.5 Å². The Labute approximate surface area is 130 Å². The number of likely N-dealkylation sites (tertiary alicyclic amines) is 1. The van der Waals surface area contributed by atoms with Crippen LogP contribution >= 0.6 is 11.6 Å². The summed E-state index contributed by atoms with van der Waals surface area (Å²) in [5.74, 6) is 0.0832. The summed E-state index contributed by atoms with van der Waals surface area (Å²) in [7, 11) is 0. The fraction of sp³-hybridized carbons (Fsp3) is 0.533. The van der Waals surface area contributed by atoms with Gasteiger partial charge in [0, 0.05) is 24.7 Å². The fourth-order valence-corrected chi connectivity index (χ4v) is 3.65. The molecule has 2 saturated heterocycles. The van der Waals surface area contributed by atoms with E-state index in [0.717, 1.165) is 18.8 Å². The van der Waals surface area contributed by atoms with Gasteiger partial charge in [-0.1, -0.05) is 16.8 Å². The number of nitrogens with two attached hydrogens (primary N) is 1. The van der Waals surface area contributed by atoms with E-state index >= 15 is 0 Å². The second-order valence-electron chi connectivity index (χ2n) is 5.78. The minimum atomic E-state index is 0.0832. The lowest BCUT2D eigenvalue weighted by molar-refractivity contribution is 0.260. The molecule has 1 aromatic carbocycles. The SMILES string of the molecule is NC(=NO)c1ccc(N2CCC(N3CCCC3)C2)c(Cl)c1. The molecule has 0 radical (unpaired) electrons. The summed E-state index contributed by atoms with van der Waals surface area (Å²) in [6.07, 6.45) is 3.84. The lowest BCUT2D eigenvalue weighted by Gasteiger charge is -2.25. The Morgan fingerprint density at radius 1 is 1.29 bits per heavy atom. The molecule has 21 heavy (non-hydrogen) atoms. The molecular formula is C15H21ClN4O. The van der Waals surface area contributed by atoms with Gasteiger partial charge < -0.3 is 15.8 Å². The Bertz CT molecular complexity index is 542. The van der Waals surface area contributed by atoms with Crippen molar-refractivity contribution in [2.45, 2.75) is 25.3 Å². The molecule has 3 N–H and O–H groups in total. The minimum absolute atomic E-state index is 0.0832. The van der Waals surface area contributed by atoms with Crippen LogP contribution in [0.3, 0.4) is 0 Å². The first kappa shape index (κ1) is 14.5. The van der Waals surface area contributed by atoms with E-state index in [0.29, 0.717) is 16.6 Å². The van der Waals surface area contributed by atoms with Crippen LogP contribution in [0, 0.1) is 0 Å². The van der Waals surface area contributed by atoms with E-state index in [1.54, 1.807) is 6.07 Å². The summed E-state index contributed by atoms with van der Waals surface area (Å²) in [6.45, 7) is 4.52. The molecule has 0 aromatic heterocycles. The van der Waals surface area contributed by atoms with Crippen LogP contribution in [0.4, 0.5) is 5.69 Å². The van der Waals surface area contributed by atoms with Crippen molar-refractivity contribution in [3.63, 3.8) is 0 Å². The quantitative estimate of drug-likeness (QED) is 0.388. The Kier molecular flexibility index (Phi) is 4.22. The van der Waals surface area contributed by atoms with E-state index in [1.807, 2.05) is 12.1 Å². The Morgan fingerprint density at radius 3 is 2.71 bits per heavy atom. The molecule has 2 fully saturated rings. The highest BCUT2D eigenvalue weighted by atomic mass is 35.5. The van der Waals surface area contributed by atoms with Gasteiger partial charge in [-0.3, -0.25) is 4.90 Å². The standard InChI is InChI=1S/C15H21ClN4O/c16-13-9-11(15(17)18-21)3-4-14(13)20-8-5-12(10-20)19-6-1-2-7-19/h3-4,9,12,21H,1-2,5-8,10H2,(H2,17,18). The van der Waals surface area contributed by atoms with Gasteiger partial charge in [0.25, 0.3) is 0 Å². The van der Waals surface area contributed by atoms with Crippen LogP contribution in [0.1, 0.15) is 24.8 Å². The third-order valence-corrected chi connectivity index (χ3v) is 4.82. The predicted octanol–water partition coefficient (Wildman–Crippen LogP) is 2.11. The van der Waals surface area contributed by atoms with Crippen molar-refractivity contribution in [1.82, 2.24) is 4.90 Å². The monoisotopic (exact) mass is 308 g/mol. The van der Waals surface area contributed by atoms with Crippen molar-refractivity contribution in [3.8, 4) is 0 Å². The van der Waals surface area contributed by atoms with E-state index in [9.17, 15) is 0 Å². The number of oxime groups is 1. The second-order valence-corrected chi connectivity index (χ2v) is 6.19. The summed E-state index contributed by atoms with van der Waals surface area (Å²) in [5.41, 5.74) is 7.27. The zero-order valence-corrected chi connectivity index (χ0v) is 12.8.